The third kappa shape index (κ3) is 3.72. The summed E-state index contributed by atoms with van der Waals surface area (Å²) in [6, 6.07) is 0. The van der Waals surface area contributed by atoms with Crippen molar-refractivity contribution in [3.8, 4) is 0 Å². The largest absolute Gasteiger partial charge is 0.481 e. The molecule has 1 rings (SSSR count). The molecule has 0 aromatic carbocycles. The number of hydrogen-bond donors (Lipinski definition) is 2. The highest BCUT2D eigenvalue weighted by Crippen LogP contribution is 2.36. The Kier molecular flexibility index (Phi) is 5.63. The van der Waals surface area contributed by atoms with Gasteiger partial charge in [-0.1, -0.05) is 33.6 Å². The fourth-order valence-electron chi connectivity index (χ4n) is 2.81. The summed E-state index contributed by atoms with van der Waals surface area (Å²) in [4.78, 5) is 23.2. The van der Waals surface area contributed by atoms with E-state index in [2.05, 4.69) is 19.2 Å². The molecule has 1 amide bonds. The van der Waals surface area contributed by atoms with Crippen molar-refractivity contribution >= 4 is 11.9 Å². The van der Waals surface area contributed by atoms with Crippen molar-refractivity contribution in [2.24, 2.45) is 23.7 Å². The molecule has 18 heavy (non-hydrogen) atoms. The Labute approximate surface area is 109 Å². The fourth-order valence-corrected chi connectivity index (χ4v) is 2.81. The maximum absolute atomic E-state index is 12.1. The molecule has 1 aliphatic rings. The molecule has 104 valence electrons. The first kappa shape index (κ1) is 15.0. The first-order chi connectivity index (χ1) is 8.49. The van der Waals surface area contributed by atoms with Gasteiger partial charge in [-0.3, -0.25) is 9.59 Å². The second kappa shape index (κ2) is 6.76. The molecular weight excluding hydrogens is 230 g/mol. The number of hydrogen-bond acceptors (Lipinski definition) is 2. The minimum absolute atomic E-state index is 0.0707. The van der Waals surface area contributed by atoms with Crippen LogP contribution in [0.15, 0.2) is 0 Å². The molecule has 0 heterocycles. The minimum atomic E-state index is -0.831. The van der Waals surface area contributed by atoms with Crippen molar-refractivity contribution in [3.63, 3.8) is 0 Å². The third-order valence-corrected chi connectivity index (χ3v) is 4.17. The average molecular weight is 255 g/mol. The van der Waals surface area contributed by atoms with Crippen LogP contribution in [-0.2, 0) is 9.59 Å². The van der Waals surface area contributed by atoms with Gasteiger partial charge in [0.05, 0.1) is 11.8 Å². The van der Waals surface area contributed by atoms with Crippen LogP contribution in [0.3, 0.4) is 0 Å². The van der Waals surface area contributed by atoms with Crippen LogP contribution in [0, 0.1) is 23.7 Å². The lowest BCUT2D eigenvalue weighted by Gasteiger charge is -2.18. The van der Waals surface area contributed by atoms with Gasteiger partial charge in [0.15, 0.2) is 0 Å². The molecule has 0 aromatic rings. The summed E-state index contributed by atoms with van der Waals surface area (Å²) in [5.41, 5.74) is 0. The number of carbonyl (C=O) groups excluding carboxylic acids is 1. The highest BCUT2D eigenvalue weighted by Gasteiger charge is 2.41. The standard InChI is InChI=1S/C14H25NO3/c1-4-10(5-2)8-15-13(16)11-6-9(3)7-12(11)14(17)18/h9-12H,4-8H2,1-3H3,(H,15,16)(H,17,18). The predicted octanol–water partition coefficient (Wildman–Crippen LogP) is 2.29. The number of carboxylic acids is 1. The van der Waals surface area contributed by atoms with E-state index in [4.69, 9.17) is 5.11 Å². The molecule has 2 N–H and O–H groups in total. The molecular formula is C14H25NO3. The van der Waals surface area contributed by atoms with E-state index in [-0.39, 0.29) is 11.8 Å². The zero-order valence-electron chi connectivity index (χ0n) is 11.6. The van der Waals surface area contributed by atoms with Crippen LogP contribution >= 0.6 is 0 Å². The van der Waals surface area contributed by atoms with E-state index in [1.54, 1.807) is 0 Å². The van der Waals surface area contributed by atoms with E-state index in [1.807, 2.05) is 6.92 Å². The smallest absolute Gasteiger partial charge is 0.307 e. The summed E-state index contributed by atoms with van der Waals surface area (Å²) < 4.78 is 0. The zero-order valence-corrected chi connectivity index (χ0v) is 11.6. The van der Waals surface area contributed by atoms with Gasteiger partial charge in [0.1, 0.15) is 0 Å². The maximum Gasteiger partial charge on any atom is 0.307 e. The molecule has 3 unspecified atom stereocenters. The van der Waals surface area contributed by atoms with Gasteiger partial charge in [-0.25, -0.2) is 0 Å². The van der Waals surface area contributed by atoms with Crippen molar-refractivity contribution in [3.05, 3.63) is 0 Å². The van der Waals surface area contributed by atoms with E-state index in [0.717, 1.165) is 12.8 Å². The lowest BCUT2D eigenvalue weighted by molar-refractivity contribution is -0.146. The number of aliphatic carboxylic acids is 1. The molecule has 3 atom stereocenters. The Morgan fingerprint density at radius 1 is 1.22 bits per heavy atom. The molecule has 4 nitrogen and oxygen atoms in total. The first-order valence-corrected chi connectivity index (χ1v) is 7.00. The second-order valence-corrected chi connectivity index (χ2v) is 5.56. The summed E-state index contributed by atoms with van der Waals surface area (Å²) in [6.07, 6.45) is 3.41. The van der Waals surface area contributed by atoms with Gasteiger partial charge in [0, 0.05) is 6.54 Å². The third-order valence-electron chi connectivity index (χ3n) is 4.17. The van der Waals surface area contributed by atoms with E-state index in [1.165, 1.54) is 0 Å². The number of amides is 1. The Balaban J connectivity index is 2.52. The van der Waals surface area contributed by atoms with Crippen LogP contribution in [-0.4, -0.2) is 23.5 Å². The van der Waals surface area contributed by atoms with Crippen molar-refractivity contribution in [1.29, 1.82) is 0 Å². The van der Waals surface area contributed by atoms with Crippen molar-refractivity contribution in [2.75, 3.05) is 6.54 Å². The highest BCUT2D eigenvalue weighted by atomic mass is 16.4. The number of carboxylic acid groups (broad SMARTS) is 1. The summed E-state index contributed by atoms with van der Waals surface area (Å²) in [5, 5.41) is 12.1. The van der Waals surface area contributed by atoms with Crippen LogP contribution < -0.4 is 5.32 Å². The van der Waals surface area contributed by atoms with Crippen molar-refractivity contribution in [2.45, 2.75) is 46.5 Å². The van der Waals surface area contributed by atoms with Gasteiger partial charge in [-0.05, 0) is 24.7 Å². The quantitative estimate of drug-likeness (QED) is 0.765. The SMILES string of the molecule is CCC(CC)CNC(=O)C1CC(C)CC1C(=O)O. The number of nitrogens with one attached hydrogen (secondary N) is 1. The van der Waals surface area contributed by atoms with E-state index in [9.17, 15) is 9.59 Å². The Morgan fingerprint density at radius 2 is 1.78 bits per heavy atom. The lowest BCUT2D eigenvalue weighted by Crippen LogP contribution is -2.37. The molecule has 0 bridgehead atoms. The normalized spacial score (nSPS) is 27.4. The lowest BCUT2D eigenvalue weighted by atomic mass is 9.95. The summed E-state index contributed by atoms with van der Waals surface area (Å²) in [6.45, 7) is 6.91. The van der Waals surface area contributed by atoms with Gasteiger partial charge < -0.3 is 10.4 Å². The van der Waals surface area contributed by atoms with Gasteiger partial charge in [-0.2, -0.15) is 0 Å². The molecule has 4 heteroatoms. The molecule has 0 spiro atoms. The van der Waals surface area contributed by atoms with Gasteiger partial charge in [0.25, 0.3) is 0 Å². The van der Waals surface area contributed by atoms with Gasteiger partial charge in [-0.15, -0.1) is 0 Å². The monoisotopic (exact) mass is 255 g/mol. The topological polar surface area (TPSA) is 66.4 Å². The van der Waals surface area contributed by atoms with Gasteiger partial charge in [0.2, 0.25) is 5.91 Å². The average Bonchev–Trinajstić information content (AvgIpc) is 2.72. The summed E-state index contributed by atoms with van der Waals surface area (Å²) in [5.74, 6) is -0.916. The maximum atomic E-state index is 12.1. The van der Waals surface area contributed by atoms with Crippen molar-refractivity contribution in [1.82, 2.24) is 5.32 Å². The fraction of sp³-hybridized carbons (Fsp3) is 0.857. The summed E-state index contributed by atoms with van der Waals surface area (Å²) in [7, 11) is 0. The summed E-state index contributed by atoms with van der Waals surface area (Å²) >= 11 is 0. The van der Waals surface area contributed by atoms with E-state index < -0.39 is 11.9 Å². The van der Waals surface area contributed by atoms with Crippen LogP contribution in [0.25, 0.3) is 0 Å². The predicted molar refractivity (Wildman–Crippen MR) is 70.1 cm³/mol. The minimum Gasteiger partial charge on any atom is -0.481 e. The van der Waals surface area contributed by atoms with Crippen LogP contribution in [0.1, 0.15) is 46.5 Å². The highest BCUT2D eigenvalue weighted by molar-refractivity contribution is 5.85. The second-order valence-electron chi connectivity index (χ2n) is 5.56. The Morgan fingerprint density at radius 3 is 2.28 bits per heavy atom. The number of carbonyl (C=O) groups is 2. The van der Waals surface area contributed by atoms with E-state index in [0.29, 0.717) is 31.2 Å². The number of rotatable bonds is 6. The first-order valence-electron chi connectivity index (χ1n) is 7.00. The van der Waals surface area contributed by atoms with Crippen LogP contribution in [0.2, 0.25) is 0 Å². The molecule has 0 aromatic heterocycles. The molecule has 1 aliphatic carbocycles. The Bertz CT molecular complexity index is 299. The zero-order chi connectivity index (χ0) is 13.7. The molecule has 1 fully saturated rings. The van der Waals surface area contributed by atoms with E-state index >= 15 is 0 Å². The van der Waals surface area contributed by atoms with Gasteiger partial charge >= 0.3 is 5.97 Å². The molecule has 0 radical (unpaired) electrons. The molecule has 0 saturated heterocycles. The van der Waals surface area contributed by atoms with Crippen LogP contribution in [0.4, 0.5) is 0 Å². The van der Waals surface area contributed by atoms with Crippen molar-refractivity contribution < 1.29 is 14.7 Å². The molecule has 0 aliphatic heterocycles. The Hall–Kier alpha value is -1.06. The molecule has 1 saturated carbocycles. The van der Waals surface area contributed by atoms with Crippen LogP contribution in [0.5, 0.6) is 0 Å².